The van der Waals surface area contributed by atoms with Crippen molar-refractivity contribution in [2.45, 2.75) is 39.0 Å². The number of halogens is 1. The third-order valence-electron chi connectivity index (χ3n) is 3.33. The van der Waals surface area contributed by atoms with E-state index in [1.807, 2.05) is 0 Å². The van der Waals surface area contributed by atoms with E-state index in [4.69, 9.17) is 11.6 Å². The summed E-state index contributed by atoms with van der Waals surface area (Å²) >= 11 is 6.76. The van der Waals surface area contributed by atoms with E-state index in [1.54, 1.807) is 0 Å². The van der Waals surface area contributed by atoms with Gasteiger partial charge in [-0.15, -0.1) is 10.2 Å². The van der Waals surface area contributed by atoms with E-state index in [2.05, 4.69) is 22.4 Å². The van der Waals surface area contributed by atoms with Crippen molar-refractivity contribution < 1.29 is 4.79 Å². The highest BCUT2D eigenvalue weighted by atomic mass is 35.5. The molecule has 0 atom stereocenters. The van der Waals surface area contributed by atoms with Gasteiger partial charge in [-0.3, -0.25) is 4.79 Å². The van der Waals surface area contributed by atoms with Gasteiger partial charge >= 0.3 is 0 Å². The number of amides is 1. The maximum absolute atomic E-state index is 11.8. The fourth-order valence-electron chi connectivity index (χ4n) is 2.25. The number of hydrogen-bond donors (Lipinski definition) is 1. The molecule has 0 radical (unpaired) electrons. The molecular weight excluding hydrogens is 258 g/mol. The molecule has 0 aromatic carbocycles. The monoisotopic (exact) mass is 273 g/mol. The van der Waals surface area contributed by atoms with E-state index in [1.165, 1.54) is 32.1 Å². The molecule has 0 spiro atoms. The van der Waals surface area contributed by atoms with Crippen molar-refractivity contribution >= 4 is 28.8 Å². The highest BCUT2D eigenvalue weighted by Gasteiger charge is 2.27. The first-order valence-electron chi connectivity index (χ1n) is 5.86. The van der Waals surface area contributed by atoms with Gasteiger partial charge in [-0.2, -0.15) is 0 Å². The molecule has 6 heteroatoms. The van der Waals surface area contributed by atoms with E-state index in [0.717, 1.165) is 11.3 Å². The number of nitrogens with zero attached hydrogens (tertiary/aromatic N) is 2. The maximum atomic E-state index is 11.8. The van der Waals surface area contributed by atoms with Gasteiger partial charge in [-0.1, -0.05) is 37.5 Å². The third kappa shape index (κ3) is 3.39. The SMILES string of the molecule is CC1(CNC(=O)c2nnc(Cl)s2)CCCCC1. The summed E-state index contributed by atoms with van der Waals surface area (Å²) in [4.78, 5) is 11.8. The molecule has 94 valence electrons. The van der Waals surface area contributed by atoms with Gasteiger partial charge in [0.05, 0.1) is 0 Å². The van der Waals surface area contributed by atoms with Crippen LogP contribution in [0.15, 0.2) is 0 Å². The van der Waals surface area contributed by atoms with Crippen LogP contribution in [0.3, 0.4) is 0 Å². The number of nitrogens with one attached hydrogen (secondary N) is 1. The average molecular weight is 274 g/mol. The zero-order valence-electron chi connectivity index (χ0n) is 9.83. The second-order valence-corrected chi connectivity index (χ2v) is 6.47. The number of carbonyl (C=O) groups is 1. The van der Waals surface area contributed by atoms with Crippen LogP contribution >= 0.6 is 22.9 Å². The molecule has 1 aliphatic rings. The highest BCUT2D eigenvalue weighted by molar-refractivity contribution is 7.17. The van der Waals surface area contributed by atoms with E-state index in [0.29, 0.717) is 16.0 Å². The van der Waals surface area contributed by atoms with Crippen LogP contribution in [0, 0.1) is 5.41 Å². The first-order chi connectivity index (χ1) is 8.09. The summed E-state index contributed by atoms with van der Waals surface area (Å²) < 4.78 is 0.305. The van der Waals surface area contributed by atoms with Crippen LogP contribution in [0.1, 0.15) is 48.8 Å². The Balaban J connectivity index is 1.87. The zero-order valence-corrected chi connectivity index (χ0v) is 11.4. The van der Waals surface area contributed by atoms with Gasteiger partial charge in [0.2, 0.25) is 9.47 Å². The van der Waals surface area contributed by atoms with Gasteiger partial charge < -0.3 is 5.32 Å². The number of carbonyl (C=O) groups excluding carboxylic acids is 1. The lowest BCUT2D eigenvalue weighted by Gasteiger charge is -2.33. The molecule has 1 saturated carbocycles. The second-order valence-electron chi connectivity index (χ2n) is 4.91. The normalized spacial score (nSPS) is 18.9. The Morgan fingerprint density at radius 2 is 2.12 bits per heavy atom. The maximum Gasteiger partial charge on any atom is 0.282 e. The lowest BCUT2D eigenvalue weighted by Crippen LogP contribution is -2.37. The molecule has 1 amide bonds. The first-order valence-corrected chi connectivity index (χ1v) is 7.06. The molecular formula is C11H16ClN3OS. The molecule has 1 N–H and O–H groups in total. The van der Waals surface area contributed by atoms with Crippen molar-refractivity contribution in [3.63, 3.8) is 0 Å². The van der Waals surface area contributed by atoms with Crippen LogP contribution in [-0.2, 0) is 0 Å². The smallest absolute Gasteiger partial charge is 0.282 e. The minimum Gasteiger partial charge on any atom is -0.349 e. The fraction of sp³-hybridized carbons (Fsp3) is 0.727. The van der Waals surface area contributed by atoms with Gasteiger partial charge in [-0.25, -0.2) is 0 Å². The molecule has 4 nitrogen and oxygen atoms in total. The Labute approximate surface area is 110 Å². The number of hydrogen-bond acceptors (Lipinski definition) is 4. The topological polar surface area (TPSA) is 54.9 Å². The lowest BCUT2D eigenvalue weighted by molar-refractivity contribution is 0.0918. The van der Waals surface area contributed by atoms with Crippen molar-refractivity contribution in [1.82, 2.24) is 15.5 Å². The molecule has 1 aliphatic carbocycles. The second kappa shape index (κ2) is 5.31. The van der Waals surface area contributed by atoms with Crippen molar-refractivity contribution in [2.24, 2.45) is 5.41 Å². The summed E-state index contributed by atoms with van der Waals surface area (Å²) in [5.74, 6) is -0.166. The van der Waals surface area contributed by atoms with Crippen molar-refractivity contribution in [1.29, 1.82) is 0 Å². The van der Waals surface area contributed by atoms with E-state index < -0.39 is 0 Å². The minimum absolute atomic E-state index is 0.166. The molecule has 0 aliphatic heterocycles. The molecule has 1 aromatic rings. The van der Waals surface area contributed by atoms with Crippen molar-refractivity contribution in [3.05, 3.63) is 9.47 Å². The summed E-state index contributed by atoms with van der Waals surface area (Å²) in [7, 11) is 0. The predicted octanol–water partition coefficient (Wildman–Crippen LogP) is 2.89. The standard InChI is InChI=1S/C11H16ClN3OS/c1-11(5-3-2-4-6-11)7-13-8(16)9-14-15-10(12)17-9/h2-7H2,1H3,(H,13,16). The Bertz CT molecular complexity index is 401. The highest BCUT2D eigenvalue weighted by Crippen LogP contribution is 2.34. The molecule has 17 heavy (non-hydrogen) atoms. The van der Waals surface area contributed by atoms with Gasteiger partial charge in [0.25, 0.3) is 5.91 Å². The van der Waals surface area contributed by atoms with Crippen molar-refractivity contribution in [2.75, 3.05) is 6.54 Å². The summed E-state index contributed by atoms with van der Waals surface area (Å²) in [5.41, 5.74) is 0.238. The largest absolute Gasteiger partial charge is 0.349 e. The molecule has 0 bridgehead atoms. The van der Waals surface area contributed by atoms with E-state index in [9.17, 15) is 4.79 Å². The predicted molar refractivity (Wildman–Crippen MR) is 68.4 cm³/mol. The van der Waals surface area contributed by atoms with Gasteiger partial charge in [0.15, 0.2) is 0 Å². The molecule has 2 rings (SSSR count). The quantitative estimate of drug-likeness (QED) is 0.921. The summed E-state index contributed by atoms with van der Waals surface area (Å²) in [6.45, 7) is 2.95. The Kier molecular flexibility index (Phi) is 3.99. The van der Waals surface area contributed by atoms with E-state index >= 15 is 0 Å². The molecule has 0 saturated heterocycles. The van der Waals surface area contributed by atoms with Crippen LogP contribution in [0.2, 0.25) is 4.47 Å². The summed E-state index contributed by atoms with van der Waals surface area (Å²) in [6.07, 6.45) is 6.21. The van der Waals surface area contributed by atoms with Crippen molar-refractivity contribution in [3.8, 4) is 0 Å². The Morgan fingerprint density at radius 1 is 1.41 bits per heavy atom. The fourth-order valence-corrected chi connectivity index (χ4v) is 2.99. The first kappa shape index (κ1) is 12.8. The van der Waals surface area contributed by atoms with Crippen LogP contribution in [0.5, 0.6) is 0 Å². The minimum atomic E-state index is -0.166. The third-order valence-corrected chi connectivity index (χ3v) is 4.35. The molecule has 0 unspecified atom stereocenters. The van der Waals surface area contributed by atoms with Crippen LogP contribution in [0.4, 0.5) is 0 Å². The summed E-state index contributed by atoms with van der Waals surface area (Å²) in [5, 5.41) is 10.6. The number of aromatic nitrogens is 2. The van der Waals surface area contributed by atoms with Gasteiger partial charge in [-0.05, 0) is 29.9 Å². The van der Waals surface area contributed by atoms with Crippen LogP contribution in [0.25, 0.3) is 0 Å². The zero-order chi connectivity index (χ0) is 12.3. The molecule has 1 aromatic heterocycles. The molecule has 1 fully saturated rings. The average Bonchev–Trinajstić information content (AvgIpc) is 2.74. The number of rotatable bonds is 3. The van der Waals surface area contributed by atoms with Crippen LogP contribution in [-0.4, -0.2) is 22.6 Å². The Hall–Kier alpha value is -0.680. The summed E-state index contributed by atoms with van der Waals surface area (Å²) in [6, 6.07) is 0. The van der Waals surface area contributed by atoms with E-state index in [-0.39, 0.29) is 11.3 Å². The molecule has 1 heterocycles. The van der Waals surface area contributed by atoms with Gasteiger partial charge in [0.1, 0.15) is 0 Å². The Morgan fingerprint density at radius 3 is 2.71 bits per heavy atom. The van der Waals surface area contributed by atoms with Crippen LogP contribution < -0.4 is 5.32 Å². The van der Waals surface area contributed by atoms with Gasteiger partial charge in [0, 0.05) is 6.54 Å². The lowest BCUT2D eigenvalue weighted by atomic mass is 9.76.